The summed E-state index contributed by atoms with van der Waals surface area (Å²) in [5, 5.41) is 3.21. The van der Waals surface area contributed by atoms with E-state index in [1.807, 2.05) is 6.07 Å². The molecule has 1 heterocycles. The van der Waals surface area contributed by atoms with Gasteiger partial charge in [-0.25, -0.2) is 0 Å². The van der Waals surface area contributed by atoms with Crippen molar-refractivity contribution in [2.75, 3.05) is 11.9 Å². The fourth-order valence-electron chi connectivity index (χ4n) is 1.29. The van der Waals surface area contributed by atoms with Gasteiger partial charge in [-0.3, -0.25) is 0 Å². The zero-order valence-corrected chi connectivity index (χ0v) is 9.55. The maximum atomic E-state index is 5.47. The number of benzene rings is 1. The van der Waals surface area contributed by atoms with Gasteiger partial charge in [0.25, 0.3) is 0 Å². The molecule has 1 aromatic carbocycles. The maximum absolute atomic E-state index is 5.47. The summed E-state index contributed by atoms with van der Waals surface area (Å²) >= 11 is 1.17. The number of rotatable bonds is 1. The Kier molecular flexibility index (Phi) is 2.72. The first kappa shape index (κ1) is 9.25. The van der Waals surface area contributed by atoms with Gasteiger partial charge in [-0.15, -0.1) is 0 Å². The molecule has 13 heavy (non-hydrogen) atoms. The fraction of sp³-hybridized carbons (Fsp3) is 0.100. The molecule has 0 aromatic heterocycles. The van der Waals surface area contributed by atoms with E-state index in [-0.39, 0.29) is 0 Å². The Labute approximate surface area is 101 Å². The van der Waals surface area contributed by atoms with Crippen LogP contribution in [0.1, 0.15) is 5.56 Å². The first-order chi connectivity index (χ1) is 6.29. The van der Waals surface area contributed by atoms with E-state index in [1.54, 1.807) is 0 Å². The number of nitrogens with one attached hydrogen (secondary N) is 1. The average Bonchev–Trinajstić information content (AvgIpc) is 2.16. The molecule has 2 rings (SSSR count). The van der Waals surface area contributed by atoms with Crippen molar-refractivity contribution in [1.82, 2.24) is 0 Å². The van der Waals surface area contributed by atoms with Crippen molar-refractivity contribution in [2.45, 2.75) is 0 Å². The predicted molar refractivity (Wildman–Crippen MR) is 55.6 cm³/mol. The van der Waals surface area contributed by atoms with Crippen molar-refractivity contribution in [3.05, 3.63) is 36.0 Å². The molecular weight excluding hydrogens is 190 g/mol. The van der Waals surface area contributed by atoms with Crippen molar-refractivity contribution < 1.29 is 4.74 Å². The van der Waals surface area contributed by atoms with E-state index in [4.69, 9.17) is 4.74 Å². The number of anilines is 1. The molecule has 0 radical (unpaired) electrons. The Morgan fingerprint density at radius 1 is 1.54 bits per heavy atom. The predicted octanol–water partition coefficient (Wildman–Crippen LogP) is 1.32. The molecule has 0 atom stereocenters. The monoisotopic (exact) mass is 199 g/mol. The number of fused-ring (bicyclic) bond motifs is 1. The number of ether oxygens (including phenoxy) is 1. The molecule has 0 spiro atoms. The molecule has 0 unspecified atom stereocenters. The molecular formula is C10H9CaNO. The molecule has 2 nitrogen and oxygen atoms in total. The van der Waals surface area contributed by atoms with E-state index < -0.39 is 0 Å². The van der Waals surface area contributed by atoms with Crippen molar-refractivity contribution >= 4 is 43.0 Å². The van der Waals surface area contributed by atoms with E-state index in [2.05, 4.69) is 26.1 Å². The van der Waals surface area contributed by atoms with Crippen LogP contribution in [0.25, 0.3) is 0 Å². The van der Waals surface area contributed by atoms with E-state index in [9.17, 15) is 0 Å². The second-order valence-corrected chi connectivity index (χ2v) is 3.61. The summed E-state index contributed by atoms with van der Waals surface area (Å²) < 4.78 is 7.65. The summed E-state index contributed by atoms with van der Waals surface area (Å²) in [5.74, 6) is 0.915. The van der Waals surface area contributed by atoms with E-state index in [0.29, 0.717) is 6.61 Å². The van der Waals surface area contributed by atoms with Gasteiger partial charge in [-0.05, 0) is 0 Å². The molecule has 0 saturated carbocycles. The molecule has 1 aliphatic heterocycles. The third-order valence-corrected chi connectivity index (χ3v) is 2.69. The Bertz CT molecular complexity index is 373. The minimum absolute atomic E-state index is 0.566. The zero-order chi connectivity index (χ0) is 9.26. The summed E-state index contributed by atoms with van der Waals surface area (Å²) in [4.78, 5) is 0. The van der Waals surface area contributed by atoms with E-state index >= 15 is 0 Å². The van der Waals surface area contributed by atoms with Crippen LogP contribution in [0.3, 0.4) is 0 Å². The second-order valence-electron chi connectivity index (χ2n) is 2.98. The molecule has 1 aliphatic rings. The van der Waals surface area contributed by atoms with Crippen LogP contribution in [0, 0.1) is 0 Å². The van der Waals surface area contributed by atoms with Crippen LogP contribution >= 0.6 is 0 Å². The quantitative estimate of drug-likeness (QED) is 0.689. The molecule has 3 heteroatoms. The summed E-state index contributed by atoms with van der Waals surface area (Å²) in [6, 6.07) is 6.15. The van der Waals surface area contributed by atoms with Gasteiger partial charge in [0, 0.05) is 0 Å². The van der Waals surface area contributed by atoms with Gasteiger partial charge in [0.15, 0.2) is 0 Å². The molecule has 0 fully saturated rings. The molecule has 1 N–H and O–H groups in total. The third kappa shape index (κ3) is 1.96. The van der Waals surface area contributed by atoms with Gasteiger partial charge in [-0.2, -0.15) is 0 Å². The summed E-state index contributed by atoms with van der Waals surface area (Å²) in [6.07, 6.45) is 0. The fourth-order valence-corrected chi connectivity index (χ4v) is 1.69. The molecule has 0 aliphatic carbocycles. The van der Waals surface area contributed by atoms with Gasteiger partial charge in [0.05, 0.1) is 0 Å². The Morgan fingerprint density at radius 2 is 2.38 bits per heavy atom. The third-order valence-electron chi connectivity index (χ3n) is 1.95. The van der Waals surface area contributed by atoms with E-state index in [0.717, 1.165) is 17.1 Å². The zero-order valence-electron chi connectivity index (χ0n) is 7.34. The Morgan fingerprint density at radius 3 is 3.15 bits per heavy atom. The van der Waals surface area contributed by atoms with Crippen LogP contribution in [0.5, 0.6) is 5.75 Å². The van der Waals surface area contributed by atoms with Crippen LogP contribution in [-0.4, -0.2) is 44.0 Å². The summed E-state index contributed by atoms with van der Waals surface area (Å²) in [5.41, 5.74) is 3.18. The van der Waals surface area contributed by atoms with Gasteiger partial charge >= 0.3 is 101 Å². The van der Waals surface area contributed by atoms with E-state index in [1.165, 1.54) is 40.8 Å². The van der Waals surface area contributed by atoms with Gasteiger partial charge in [0.2, 0.25) is 0 Å². The molecule has 0 saturated heterocycles. The van der Waals surface area contributed by atoms with Gasteiger partial charge in [-0.1, -0.05) is 0 Å². The van der Waals surface area contributed by atoms with Gasteiger partial charge in [0.1, 0.15) is 0 Å². The first-order valence-electron chi connectivity index (χ1n) is 4.13. The topological polar surface area (TPSA) is 21.3 Å². The van der Waals surface area contributed by atoms with Crippen LogP contribution in [0.4, 0.5) is 5.69 Å². The van der Waals surface area contributed by atoms with Crippen molar-refractivity contribution in [3.8, 4) is 5.75 Å². The van der Waals surface area contributed by atoms with Crippen LogP contribution in [-0.2, 0) is 0 Å². The van der Waals surface area contributed by atoms with Crippen molar-refractivity contribution in [2.24, 2.45) is 0 Å². The Balaban J connectivity index is 2.43. The molecule has 0 amide bonds. The molecule has 62 valence electrons. The van der Waals surface area contributed by atoms with Gasteiger partial charge < -0.3 is 0 Å². The average molecular weight is 199 g/mol. The van der Waals surface area contributed by atoms with Crippen LogP contribution in [0.2, 0.25) is 0 Å². The second kappa shape index (κ2) is 3.82. The first-order valence-corrected chi connectivity index (χ1v) is 5.41. The SMILES string of the molecule is C=C1COc2ccc([CH]=[Ca])cc2N1. The Hall–Kier alpha value is -0.310. The molecule has 0 bridgehead atoms. The standard InChI is InChI=1S/C10H9NO.Ca/c1-7-3-4-10-9(5-7)11-8(2)6-12-10;/h1,3-5,11H,2,6H2;. The number of hydrogen-bond donors (Lipinski definition) is 1. The van der Waals surface area contributed by atoms with Crippen LogP contribution in [0.15, 0.2) is 30.5 Å². The van der Waals surface area contributed by atoms with Crippen molar-refractivity contribution in [3.63, 3.8) is 0 Å². The van der Waals surface area contributed by atoms with Crippen LogP contribution < -0.4 is 10.1 Å². The minimum atomic E-state index is 0.566. The molecule has 1 aromatic rings. The summed E-state index contributed by atoms with van der Waals surface area (Å²) in [6.45, 7) is 4.40. The number of hydrogen-bond acceptors (Lipinski definition) is 2. The summed E-state index contributed by atoms with van der Waals surface area (Å²) in [7, 11) is 0. The normalized spacial score (nSPS) is 14.2. The van der Waals surface area contributed by atoms with Crippen molar-refractivity contribution in [1.29, 1.82) is 0 Å².